The summed E-state index contributed by atoms with van der Waals surface area (Å²) in [6.07, 6.45) is 1.50. The summed E-state index contributed by atoms with van der Waals surface area (Å²) in [5.74, 6) is 5.95. The van der Waals surface area contributed by atoms with Crippen LogP contribution in [-0.2, 0) is 19.4 Å². The van der Waals surface area contributed by atoms with Crippen molar-refractivity contribution in [1.82, 2.24) is 9.80 Å². The first-order valence-corrected chi connectivity index (χ1v) is 17.0. The Morgan fingerprint density at radius 2 is 1.78 bits per heavy atom. The van der Waals surface area contributed by atoms with E-state index < -0.39 is 19.4 Å². The molecule has 2 N–H and O–H groups in total. The quantitative estimate of drug-likeness (QED) is 0.383. The average Bonchev–Trinajstić information content (AvgIpc) is 3.09. The molecule has 0 spiro atoms. The summed E-state index contributed by atoms with van der Waals surface area (Å²) in [6.45, 7) is 8.38. The van der Waals surface area contributed by atoms with Gasteiger partial charge in [0.25, 0.3) is 0 Å². The lowest BCUT2D eigenvalue weighted by Gasteiger charge is -2.48. The fourth-order valence-corrected chi connectivity index (χ4v) is 8.35. The standard InChI is InChI=1S/C26H42N4O5S2/c1-26(2)17-21-18-29(25(31)28-10-15-36(3,32)16-11-28)20-24(26)30(19-21)22-5-7-23(8-6-22)35-12-4-13-37(33,34)14-9-27/h5-8,21,24H,3-4,9-20,27H2,1-2H3/t21-,24-/m1/s1. The summed E-state index contributed by atoms with van der Waals surface area (Å²) in [5.41, 5.74) is 6.50. The number of carbonyl (C=O) groups excluding carboxylic acids is 1. The van der Waals surface area contributed by atoms with Crippen molar-refractivity contribution in [1.29, 1.82) is 0 Å². The zero-order valence-corrected chi connectivity index (χ0v) is 23.8. The molecule has 4 saturated heterocycles. The van der Waals surface area contributed by atoms with Gasteiger partial charge >= 0.3 is 6.03 Å². The molecule has 208 valence electrons. The van der Waals surface area contributed by atoms with E-state index in [0.29, 0.717) is 55.8 Å². The molecule has 2 amide bonds. The fourth-order valence-electron chi connectivity index (χ4n) is 5.92. The number of hydrogen-bond acceptors (Lipinski definition) is 7. The highest BCUT2D eigenvalue weighted by Crippen LogP contribution is 2.43. The first-order valence-electron chi connectivity index (χ1n) is 13.2. The largest absolute Gasteiger partial charge is 0.494 e. The third-order valence-corrected chi connectivity index (χ3v) is 11.5. The van der Waals surface area contributed by atoms with Gasteiger partial charge in [-0.2, -0.15) is 0 Å². The molecular formula is C26H42N4O5S2. The molecule has 2 atom stereocenters. The average molecular weight is 555 g/mol. The van der Waals surface area contributed by atoms with Crippen LogP contribution < -0.4 is 15.4 Å². The van der Waals surface area contributed by atoms with Gasteiger partial charge in [0.2, 0.25) is 0 Å². The number of benzene rings is 1. The molecule has 0 unspecified atom stereocenters. The number of nitrogens with two attached hydrogens (primary N) is 1. The molecule has 4 fully saturated rings. The zero-order valence-electron chi connectivity index (χ0n) is 22.1. The van der Waals surface area contributed by atoms with Crippen molar-refractivity contribution in [2.75, 3.05) is 73.8 Å². The number of amides is 2. The van der Waals surface area contributed by atoms with Gasteiger partial charge in [-0.1, -0.05) is 13.8 Å². The Balaban J connectivity index is 1.39. The first-order chi connectivity index (χ1) is 17.4. The van der Waals surface area contributed by atoms with Gasteiger partial charge in [0.05, 0.1) is 24.2 Å². The Bertz CT molecular complexity index is 1150. The second kappa shape index (κ2) is 11.0. The molecule has 37 heavy (non-hydrogen) atoms. The summed E-state index contributed by atoms with van der Waals surface area (Å²) in [5, 5.41) is 0. The van der Waals surface area contributed by atoms with Crippen molar-refractivity contribution in [3.8, 4) is 5.75 Å². The number of fused-ring (bicyclic) bond motifs is 4. The number of carbonyl (C=O) groups is 1. The highest BCUT2D eigenvalue weighted by Gasteiger charge is 2.47. The van der Waals surface area contributed by atoms with E-state index in [9.17, 15) is 17.4 Å². The summed E-state index contributed by atoms with van der Waals surface area (Å²) in [4.78, 5) is 19.7. The molecule has 4 aliphatic rings. The molecule has 5 rings (SSSR count). The molecule has 4 heterocycles. The van der Waals surface area contributed by atoms with Crippen molar-refractivity contribution >= 4 is 36.9 Å². The van der Waals surface area contributed by atoms with E-state index in [1.54, 1.807) is 0 Å². The van der Waals surface area contributed by atoms with Crippen LogP contribution in [0.3, 0.4) is 0 Å². The van der Waals surface area contributed by atoms with Crippen LogP contribution in [0, 0.1) is 11.3 Å². The smallest absolute Gasteiger partial charge is 0.320 e. The zero-order chi connectivity index (χ0) is 26.8. The van der Waals surface area contributed by atoms with Crippen molar-refractivity contribution in [3.05, 3.63) is 24.3 Å². The van der Waals surface area contributed by atoms with E-state index in [1.165, 1.54) is 0 Å². The second-order valence-corrected chi connectivity index (χ2v) is 16.5. The molecule has 0 aromatic heterocycles. The van der Waals surface area contributed by atoms with E-state index in [1.807, 2.05) is 21.9 Å². The van der Waals surface area contributed by atoms with Crippen molar-refractivity contribution in [3.63, 3.8) is 0 Å². The lowest BCUT2D eigenvalue weighted by Crippen LogP contribution is -2.55. The normalized spacial score (nSPS) is 25.1. The number of sulfone groups is 1. The van der Waals surface area contributed by atoms with Crippen LogP contribution in [-0.4, -0.2) is 109 Å². The van der Waals surface area contributed by atoms with Gasteiger partial charge in [0, 0.05) is 56.5 Å². The number of urea groups is 1. The molecule has 11 heteroatoms. The van der Waals surface area contributed by atoms with Crippen molar-refractivity contribution < 1.29 is 22.2 Å². The lowest BCUT2D eigenvalue weighted by atomic mass is 9.73. The van der Waals surface area contributed by atoms with E-state index >= 15 is 0 Å². The maximum absolute atomic E-state index is 13.4. The van der Waals surface area contributed by atoms with Crippen molar-refractivity contribution in [2.24, 2.45) is 17.1 Å². The number of ether oxygens (including phenoxy) is 1. The molecular weight excluding hydrogens is 512 g/mol. The lowest BCUT2D eigenvalue weighted by molar-refractivity contribution is 0.153. The Morgan fingerprint density at radius 1 is 1.11 bits per heavy atom. The molecule has 0 radical (unpaired) electrons. The van der Waals surface area contributed by atoms with Gasteiger partial charge < -0.3 is 25.2 Å². The Kier molecular flexibility index (Phi) is 8.35. The minimum absolute atomic E-state index is 0.00901. The van der Waals surface area contributed by atoms with Gasteiger partial charge in [0.1, 0.15) is 5.75 Å². The van der Waals surface area contributed by atoms with Gasteiger partial charge in [-0.25, -0.2) is 13.2 Å². The maximum Gasteiger partial charge on any atom is 0.320 e. The van der Waals surface area contributed by atoms with Crippen LogP contribution in [0.2, 0.25) is 0 Å². The minimum atomic E-state index is -3.11. The summed E-state index contributed by atoms with van der Waals surface area (Å²) in [6, 6.07) is 8.21. The molecule has 1 aromatic rings. The van der Waals surface area contributed by atoms with Gasteiger partial charge in [0.15, 0.2) is 9.84 Å². The molecule has 0 saturated carbocycles. The third-order valence-electron chi connectivity index (χ3n) is 7.89. The van der Waals surface area contributed by atoms with E-state index in [4.69, 9.17) is 10.5 Å². The Hall–Kier alpha value is -1.98. The van der Waals surface area contributed by atoms with Crippen LogP contribution >= 0.6 is 0 Å². The van der Waals surface area contributed by atoms with Gasteiger partial charge in [-0.3, -0.25) is 4.21 Å². The summed E-state index contributed by atoms with van der Waals surface area (Å²) < 4.78 is 41.6. The monoisotopic (exact) mass is 554 g/mol. The molecule has 2 bridgehead atoms. The highest BCUT2D eigenvalue weighted by molar-refractivity contribution is 8.00. The van der Waals surface area contributed by atoms with Crippen LogP contribution in [0.1, 0.15) is 26.7 Å². The second-order valence-electron chi connectivity index (χ2n) is 11.4. The van der Waals surface area contributed by atoms with Crippen LogP contribution in [0.25, 0.3) is 0 Å². The van der Waals surface area contributed by atoms with Crippen LogP contribution in [0.5, 0.6) is 5.75 Å². The van der Waals surface area contributed by atoms with E-state index in [-0.39, 0.29) is 35.5 Å². The molecule has 0 aliphatic carbocycles. The number of piperidine rings is 1. The first kappa shape index (κ1) is 28.0. The van der Waals surface area contributed by atoms with Crippen molar-refractivity contribution in [2.45, 2.75) is 32.7 Å². The Morgan fingerprint density at radius 3 is 2.43 bits per heavy atom. The van der Waals surface area contributed by atoms with Gasteiger partial charge in [-0.15, -0.1) is 0 Å². The van der Waals surface area contributed by atoms with Gasteiger partial charge in [-0.05, 0) is 63.8 Å². The van der Waals surface area contributed by atoms with Crippen LogP contribution in [0.15, 0.2) is 24.3 Å². The van der Waals surface area contributed by atoms with E-state index in [0.717, 1.165) is 25.2 Å². The van der Waals surface area contributed by atoms with E-state index in [2.05, 4.69) is 36.8 Å². The molecule has 9 nitrogen and oxygen atoms in total. The topological polar surface area (TPSA) is 113 Å². The molecule has 4 aliphatic heterocycles. The Labute approximate surface area is 222 Å². The number of anilines is 1. The maximum atomic E-state index is 13.4. The summed E-state index contributed by atoms with van der Waals surface area (Å²) >= 11 is 0. The SMILES string of the molecule is C=S1(=O)CCN(C(=O)N2C[C@@H]3CN(c4ccc(OCCCS(=O)(=O)CCN)cc4)[C@H](C2)C(C)(C)C3)CC1. The number of nitrogens with zero attached hydrogens (tertiary/aromatic N) is 3. The predicted octanol–water partition coefficient (Wildman–Crippen LogP) is 1.52. The third kappa shape index (κ3) is 6.92. The number of rotatable bonds is 8. The fraction of sp³-hybridized carbons (Fsp3) is 0.692. The highest BCUT2D eigenvalue weighted by atomic mass is 32.2. The molecule has 1 aromatic carbocycles. The van der Waals surface area contributed by atoms with Crippen LogP contribution in [0.4, 0.5) is 10.5 Å². The number of hydrogen-bond donors (Lipinski definition) is 1. The minimum Gasteiger partial charge on any atom is -0.494 e. The predicted molar refractivity (Wildman–Crippen MR) is 151 cm³/mol. The summed E-state index contributed by atoms with van der Waals surface area (Å²) in [7, 11) is -5.15.